The van der Waals surface area contributed by atoms with Crippen LogP contribution in [0.3, 0.4) is 0 Å². The quantitative estimate of drug-likeness (QED) is 0.836. The number of hydrogen-bond donors (Lipinski definition) is 2. The van der Waals surface area contributed by atoms with Crippen molar-refractivity contribution in [3.8, 4) is 0 Å². The summed E-state index contributed by atoms with van der Waals surface area (Å²) < 4.78 is 7.45. The van der Waals surface area contributed by atoms with E-state index in [2.05, 4.69) is 15.2 Å². The molecular formula is C20H28N4O3. The summed E-state index contributed by atoms with van der Waals surface area (Å²) in [6, 6.07) is 7.83. The molecule has 3 heterocycles. The van der Waals surface area contributed by atoms with Crippen LogP contribution in [0.25, 0.3) is 11.0 Å². The molecule has 1 aromatic carbocycles. The standard InChI is InChI=1S/C20H28N4O3/c1-14(19(25)21-13-16-5-4-12-27-16)23-10-8-15(9-11-23)24-18-7-3-2-6-17(18)22-20(24)26/h2-3,6-7,14-16H,4-5,8-13H2,1H3,(H,21,25)(H,22,26). The maximum atomic E-state index is 12.5. The van der Waals surface area contributed by atoms with E-state index in [-0.39, 0.29) is 29.8 Å². The monoisotopic (exact) mass is 372 g/mol. The number of hydrogen-bond acceptors (Lipinski definition) is 4. The second-order valence-corrected chi connectivity index (χ2v) is 7.64. The van der Waals surface area contributed by atoms with Crippen molar-refractivity contribution < 1.29 is 9.53 Å². The highest BCUT2D eigenvalue weighted by molar-refractivity contribution is 5.81. The Morgan fingerprint density at radius 3 is 2.81 bits per heavy atom. The maximum Gasteiger partial charge on any atom is 0.326 e. The fourth-order valence-electron chi connectivity index (χ4n) is 4.30. The number of piperidine rings is 1. The van der Waals surface area contributed by atoms with Gasteiger partial charge in [-0.05, 0) is 44.7 Å². The molecule has 1 amide bonds. The number of aromatic amines is 1. The average Bonchev–Trinajstić information content (AvgIpc) is 3.32. The van der Waals surface area contributed by atoms with Gasteiger partial charge in [0.05, 0.1) is 23.2 Å². The van der Waals surface area contributed by atoms with Gasteiger partial charge in [-0.25, -0.2) is 4.79 Å². The van der Waals surface area contributed by atoms with Crippen molar-refractivity contribution in [2.24, 2.45) is 0 Å². The molecule has 2 aliphatic heterocycles. The molecule has 7 heteroatoms. The molecule has 2 unspecified atom stereocenters. The zero-order chi connectivity index (χ0) is 18.8. The zero-order valence-corrected chi connectivity index (χ0v) is 15.8. The molecule has 7 nitrogen and oxygen atoms in total. The normalized spacial score (nSPS) is 22.9. The van der Waals surface area contributed by atoms with Crippen molar-refractivity contribution >= 4 is 16.9 Å². The van der Waals surface area contributed by atoms with E-state index >= 15 is 0 Å². The molecule has 0 spiro atoms. The summed E-state index contributed by atoms with van der Waals surface area (Å²) in [4.78, 5) is 30.0. The van der Waals surface area contributed by atoms with E-state index in [0.29, 0.717) is 6.54 Å². The first-order valence-corrected chi connectivity index (χ1v) is 9.96. The van der Waals surface area contributed by atoms with E-state index in [1.807, 2.05) is 35.8 Å². The summed E-state index contributed by atoms with van der Waals surface area (Å²) in [6.07, 6.45) is 4.01. The lowest BCUT2D eigenvalue weighted by Crippen LogP contribution is -2.49. The number of amides is 1. The number of imidazole rings is 1. The van der Waals surface area contributed by atoms with Crippen molar-refractivity contribution in [1.82, 2.24) is 19.8 Å². The lowest BCUT2D eigenvalue weighted by molar-refractivity contribution is -0.126. The number of rotatable bonds is 5. The molecule has 2 aliphatic rings. The Hall–Kier alpha value is -2.12. The summed E-state index contributed by atoms with van der Waals surface area (Å²) in [7, 11) is 0. The Morgan fingerprint density at radius 2 is 2.07 bits per heavy atom. The van der Waals surface area contributed by atoms with E-state index in [4.69, 9.17) is 4.74 Å². The number of H-pyrrole nitrogens is 1. The fourth-order valence-corrected chi connectivity index (χ4v) is 4.30. The number of ether oxygens (including phenoxy) is 1. The molecule has 4 rings (SSSR count). The highest BCUT2D eigenvalue weighted by atomic mass is 16.5. The van der Waals surface area contributed by atoms with Gasteiger partial charge in [-0.1, -0.05) is 12.1 Å². The van der Waals surface area contributed by atoms with E-state index in [1.165, 1.54) is 0 Å². The van der Waals surface area contributed by atoms with E-state index < -0.39 is 0 Å². The molecule has 0 saturated carbocycles. The Labute approximate surface area is 158 Å². The topological polar surface area (TPSA) is 79.4 Å². The predicted octanol–water partition coefficient (Wildman–Crippen LogP) is 1.65. The minimum atomic E-state index is -0.160. The van der Waals surface area contributed by atoms with Gasteiger partial charge in [0.1, 0.15) is 0 Å². The van der Waals surface area contributed by atoms with Gasteiger partial charge in [0.2, 0.25) is 5.91 Å². The van der Waals surface area contributed by atoms with E-state index in [9.17, 15) is 9.59 Å². The number of nitrogens with zero attached hydrogens (tertiary/aromatic N) is 2. The summed E-state index contributed by atoms with van der Waals surface area (Å²) in [6.45, 7) is 4.99. The number of para-hydroxylation sites is 2. The van der Waals surface area contributed by atoms with Gasteiger partial charge in [-0.15, -0.1) is 0 Å². The van der Waals surface area contributed by atoms with Crippen LogP contribution < -0.4 is 11.0 Å². The first kappa shape index (κ1) is 18.3. The second-order valence-electron chi connectivity index (χ2n) is 7.64. The SMILES string of the molecule is CC(C(=O)NCC1CCCO1)N1CCC(n2c(=O)[nH]c3ccccc32)CC1. The minimum absolute atomic E-state index is 0.0444. The Balaban J connectivity index is 1.34. The van der Waals surface area contributed by atoms with Gasteiger partial charge >= 0.3 is 5.69 Å². The number of carbonyl (C=O) groups excluding carboxylic acids is 1. The molecule has 2 fully saturated rings. The lowest BCUT2D eigenvalue weighted by Gasteiger charge is -2.35. The number of nitrogens with one attached hydrogen (secondary N) is 2. The highest BCUT2D eigenvalue weighted by Gasteiger charge is 2.29. The molecule has 2 aromatic rings. The van der Waals surface area contributed by atoms with Crippen LogP contribution in [-0.2, 0) is 9.53 Å². The zero-order valence-electron chi connectivity index (χ0n) is 15.8. The summed E-state index contributed by atoms with van der Waals surface area (Å²) in [5.74, 6) is 0.0632. The minimum Gasteiger partial charge on any atom is -0.376 e. The summed E-state index contributed by atoms with van der Waals surface area (Å²) in [5, 5.41) is 3.03. The van der Waals surface area contributed by atoms with Crippen molar-refractivity contribution in [1.29, 1.82) is 0 Å². The lowest BCUT2D eigenvalue weighted by atomic mass is 10.0. The molecule has 2 saturated heterocycles. The highest BCUT2D eigenvalue weighted by Crippen LogP contribution is 2.25. The van der Waals surface area contributed by atoms with E-state index in [0.717, 1.165) is 56.4 Å². The van der Waals surface area contributed by atoms with Gasteiger partial charge in [-0.2, -0.15) is 0 Å². The van der Waals surface area contributed by atoms with Crippen LogP contribution in [0.15, 0.2) is 29.1 Å². The van der Waals surface area contributed by atoms with Gasteiger partial charge in [0, 0.05) is 32.3 Å². The third-order valence-corrected chi connectivity index (χ3v) is 5.94. The van der Waals surface area contributed by atoms with Crippen LogP contribution in [-0.4, -0.2) is 58.7 Å². The molecule has 0 bridgehead atoms. The second kappa shape index (κ2) is 7.86. The number of carbonyl (C=O) groups is 1. The van der Waals surface area contributed by atoms with Gasteiger partial charge in [0.15, 0.2) is 0 Å². The fraction of sp³-hybridized carbons (Fsp3) is 0.600. The Kier molecular flexibility index (Phi) is 5.31. The first-order chi connectivity index (χ1) is 13.1. The van der Waals surface area contributed by atoms with Crippen LogP contribution >= 0.6 is 0 Å². The Bertz CT molecular complexity index is 844. The van der Waals surface area contributed by atoms with E-state index in [1.54, 1.807) is 0 Å². The first-order valence-electron chi connectivity index (χ1n) is 9.96. The average molecular weight is 372 g/mol. The molecule has 0 radical (unpaired) electrons. The van der Waals surface area contributed by atoms with Gasteiger partial charge < -0.3 is 15.0 Å². The third-order valence-electron chi connectivity index (χ3n) is 5.94. The molecule has 27 heavy (non-hydrogen) atoms. The van der Waals surface area contributed by atoms with Crippen LogP contribution in [0.2, 0.25) is 0 Å². The molecule has 0 aliphatic carbocycles. The van der Waals surface area contributed by atoms with Crippen LogP contribution in [0, 0.1) is 0 Å². The number of fused-ring (bicyclic) bond motifs is 1. The molecule has 2 N–H and O–H groups in total. The largest absolute Gasteiger partial charge is 0.376 e. The Morgan fingerprint density at radius 1 is 1.30 bits per heavy atom. The van der Waals surface area contributed by atoms with Crippen LogP contribution in [0.1, 0.15) is 38.6 Å². The number of aromatic nitrogens is 2. The molecule has 2 atom stereocenters. The summed E-state index contributed by atoms with van der Waals surface area (Å²) >= 11 is 0. The van der Waals surface area contributed by atoms with Crippen molar-refractivity contribution in [2.75, 3.05) is 26.2 Å². The van der Waals surface area contributed by atoms with Crippen LogP contribution in [0.4, 0.5) is 0 Å². The van der Waals surface area contributed by atoms with Crippen molar-refractivity contribution in [3.63, 3.8) is 0 Å². The van der Waals surface area contributed by atoms with Gasteiger partial charge in [0.25, 0.3) is 0 Å². The molecular weight excluding hydrogens is 344 g/mol. The van der Waals surface area contributed by atoms with Crippen molar-refractivity contribution in [3.05, 3.63) is 34.7 Å². The number of likely N-dealkylation sites (tertiary alicyclic amines) is 1. The molecule has 146 valence electrons. The third kappa shape index (κ3) is 3.80. The van der Waals surface area contributed by atoms with Gasteiger partial charge in [-0.3, -0.25) is 14.3 Å². The maximum absolute atomic E-state index is 12.5. The number of benzene rings is 1. The molecule has 1 aromatic heterocycles. The van der Waals surface area contributed by atoms with Crippen molar-refractivity contribution in [2.45, 2.75) is 50.8 Å². The predicted molar refractivity (Wildman–Crippen MR) is 104 cm³/mol. The summed E-state index contributed by atoms with van der Waals surface area (Å²) in [5.41, 5.74) is 1.80. The smallest absolute Gasteiger partial charge is 0.326 e. The van der Waals surface area contributed by atoms with Crippen LogP contribution in [0.5, 0.6) is 0 Å².